The maximum atomic E-state index is 11.8. The van der Waals surface area contributed by atoms with Crippen LogP contribution in [0.15, 0.2) is 30.6 Å². The number of benzene rings is 1. The Labute approximate surface area is 125 Å². The molecule has 114 valence electrons. The van der Waals surface area contributed by atoms with Crippen LogP contribution in [0.5, 0.6) is 0 Å². The predicted molar refractivity (Wildman–Crippen MR) is 82.8 cm³/mol. The van der Waals surface area contributed by atoms with E-state index in [2.05, 4.69) is 10.3 Å². The molecule has 0 radical (unpaired) electrons. The summed E-state index contributed by atoms with van der Waals surface area (Å²) in [6, 6.07) is 7.91. The molecule has 1 amide bonds. The Morgan fingerprint density at radius 2 is 2.24 bits per heavy atom. The number of fused-ring (bicyclic) bond motifs is 1. The summed E-state index contributed by atoms with van der Waals surface area (Å²) in [6.07, 6.45) is 4.07. The number of imidazole rings is 1. The lowest BCUT2D eigenvalue weighted by atomic mass is 10.1. The molecule has 1 atom stereocenters. The molecule has 0 bridgehead atoms. The number of hydrogen-bond acceptors (Lipinski definition) is 3. The third kappa shape index (κ3) is 4.56. The van der Waals surface area contributed by atoms with Gasteiger partial charge in [-0.25, -0.2) is 4.98 Å². The van der Waals surface area contributed by atoms with Crippen LogP contribution in [0.4, 0.5) is 0 Å². The number of aryl methyl sites for hydroxylation is 1. The molecule has 0 aliphatic carbocycles. The molecule has 0 aliphatic rings. The van der Waals surface area contributed by atoms with Crippen LogP contribution in [0.25, 0.3) is 11.0 Å². The van der Waals surface area contributed by atoms with Crippen molar-refractivity contribution in [1.82, 2.24) is 14.9 Å². The maximum Gasteiger partial charge on any atom is 0.221 e. The summed E-state index contributed by atoms with van der Waals surface area (Å²) in [5, 5.41) is 11.8. The van der Waals surface area contributed by atoms with Crippen molar-refractivity contribution in [3.05, 3.63) is 30.6 Å². The summed E-state index contributed by atoms with van der Waals surface area (Å²) in [7, 11) is 0. The van der Waals surface area contributed by atoms with Crippen LogP contribution in [0.1, 0.15) is 26.2 Å². The number of rotatable bonds is 8. The molecule has 1 aromatic heterocycles. The average Bonchev–Trinajstić information content (AvgIpc) is 2.92. The third-order valence-electron chi connectivity index (χ3n) is 3.61. The summed E-state index contributed by atoms with van der Waals surface area (Å²) in [4.78, 5) is 16.1. The molecule has 5 nitrogen and oxygen atoms in total. The van der Waals surface area contributed by atoms with Gasteiger partial charge in [0.1, 0.15) is 0 Å². The van der Waals surface area contributed by atoms with Crippen LogP contribution in [-0.2, 0) is 11.3 Å². The molecule has 0 spiro atoms. The number of para-hydroxylation sites is 2. The van der Waals surface area contributed by atoms with E-state index in [0.717, 1.165) is 23.9 Å². The molecule has 0 fully saturated rings. The Morgan fingerprint density at radius 1 is 1.43 bits per heavy atom. The van der Waals surface area contributed by atoms with Gasteiger partial charge in [0.25, 0.3) is 0 Å². The SMILES string of the molecule is CC(CO)CCCNC(=O)CCn1cnc2ccccc21. The zero-order valence-corrected chi connectivity index (χ0v) is 12.5. The zero-order valence-electron chi connectivity index (χ0n) is 12.5. The molecular formula is C16H23N3O2. The van der Waals surface area contributed by atoms with E-state index in [1.807, 2.05) is 35.8 Å². The van der Waals surface area contributed by atoms with Crippen LogP contribution < -0.4 is 5.32 Å². The Kier molecular flexibility index (Phi) is 5.75. The topological polar surface area (TPSA) is 67.2 Å². The van der Waals surface area contributed by atoms with Crippen LogP contribution in [0.2, 0.25) is 0 Å². The zero-order chi connectivity index (χ0) is 15.1. The smallest absolute Gasteiger partial charge is 0.221 e. The Bertz CT molecular complexity index is 580. The molecule has 21 heavy (non-hydrogen) atoms. The van der Waals surface area contributed by atoms with Crippen LogP contribution in [-0.4, -0.2) is 33.7 Å². The minimum Gasteiger partial charge on any atom is -0.396 e. The van der Waals surface area contributed by atoms with E-state index < -0.39 is 0 Å². The van der Waals surface area contributed by atoms with Crippen molar-refractivity contribution >= 4 is 16.9 Å². The molecule has 2 aromatic rings. The number of carbonyl (C=O) groups excluding carboxylic acids is 1. The van der Waals surface area contributed by atoms with E-state index in [1.165, 1.54) is 0 Å². The second-order valence-electron chi connectivity index (χ2n) is 5.46. The standard InChI is InChI=1S/C16H23N3O2/c1-13(11-20)5-4-9-17-16(21)8-10-19-12-18-14-6-2-3-7-15(14)19/h2-3,6-7,12-13,20H,4-5,8-11H2,1H3,(H,17,21). The Balaban J connectivity index is 1.72. The van der Waals surface area contributed by atoms with Crippen molar-refractivity contribution in [2.75, 3.05) is 13.2 Å². The number of aliphatic hydroxyl groups is 1. The third-order valence-corrected chi connectivity index (χ3v) is 3.61. The van der Waals surface area contributed by atoms with Gasteiger partial charge >= 0.3 is 0 Å². The highest BCUT2D eigenvalue weighted by Gasteiger charge is 2.05. The van der Waals surface area contributed by atoms with E-state index in [1.54, 1.807) is 6.33 Å². The van der Waals surface area contributed by atoms with E-state index in [9.17, 15) is 4.79 Å². The number of nitrogens with zero attached hydrogens (tertiary/aromatic N) is 2. The second-order valence-corrected chi connectivity index (χ2v) is 5.46. The van der Waals surface area contributed by atoms with Crippen LogP contribution in [0, 0.1) is 5.92 Å². The molecule has 1 unspecified atom stereocenters. The number of hydrogen-bond donors (Lipinski definition) is 2. The fourth-order valence-electron chi connectivity index (χ4n) is 2.27. The summed E-state index contributed by atoms with van der Waals surface area (Å²) in [5.41, 5.74) is 2.01. The fraction of sp³-hybridized carbons (Fsp3) is 0.500. The number of amides is 1. The molecule has 5 heteroatoms. The number of nitrogens with one attached hydrogen (secondary N) is 1. The van der Waals surface area contributed by atoms with Crippen molar-refractivity contribution in [2.45, 2.75) is 32.7 Å². The fourth-order valence-corrected chi connectivity index (χ4v) is 2.27. The summed E-state index contributed by atoms with van der Waals surface area (Å²) in [5.74, 6) is 0.364. The van der Waals surface area contributed by atoms with E-state index >= 15 is 0 Å². The minimum atomic E-state index is 0.0597. The van der Waals surface area contributed by atoms with Gasteiger partial charge in [0.2, 0.25) is 5.91 Å². The van der Waals surface area contributed by atoms with Gasteiger partial charge < -0.3 is 15.0 Å². The molecule has 0 saturated carbocycles. The van der Waals surface area contributed by atoms with Gasteiger partial charge in [0.05, 0.1) is 17.4 Å². The van der Waals surface area contributed by atoms with Gasteiger partial charge in [-0.1, -0.05) is 19.1 Å². The average molecular weight is 289 g/mol. The normalized spacial score (nSPS) is 12.5. The quantitative estimate of drug-likeness (QED) is 0.730. The molecule has 2 N–H and O–H groups in total. The van der Waals surface area contributed by atoms with Gasteiger partial charge in [-0.15, -0.1) is 0 Å². The second kappa shape index (κ2) is 7.78. The highest BCUT2D eigenvalue weighted by molar-refractivity contribution is 5.77. The van der Waals surface area contributed by atoms with E-state index in [4.69, 9.17) is 5.11 Å². The lowest BCUT2D eigenvalue weighted by Crippen LogP contribution is -2.25. The monoisotopic (exact) mass is 289 g/mol. The minimum absolute atomic E-state index is 0.0597. The summed E-state index contributed by atoms with van der Waals surface area (Å²) < 4.78 is 2.00. The first kappa shape index (κ1) is 15.5. The van der Waals surface area contributed by atoms with Gasteiger partial charge in [-0.05, 0) is 30.9 Å². The predicted octanol–water partition coefficient (Wildman–Crippen LogP) is 1.95. The van der Waals surface area contributed by atoms with Crippen molar-refractivity contribution in [2.24, 2.45) is 5.92 Å². The first-order chi connectivity index (χ1) is 10.2. The first-order valence-electron chi connectivity index (χ1n) is 7.48. The molecule has 0 aliphatic heterocycles. The van der Waals surface area contributed by atoms with Crippen molar-refractivity contribution in [3.63, 3.8) is 0 Å². The van der Waals surface area contributed by atoms with Crippen molar-refractivity contribution in [3.8, 4) is 0 Å². The maximum absolute atomic E-state index is 11.8. The number of aliphatic hydroxyl groups excluding tert-OH is 1. The van der Waals surface area contributed by atoms with E-state index in [-0.39, 0.29) is 12.5 Å². The van der Waals surface area contributed by atoms with Gasteiger partial charge in [-0.2, -0.15) is 0 Å². The summed E-state index contributed by atoms with van der Waals surface area (Å²) >= 11 is 0. The van der Waals surface area contributed by atoms with Crippen LogP contribution >= 0.6 is 0 Å². The highest BCUT2D eigenvalue weighted by atomic mass is 16.3. The summed E-state index contributed by atoms with van der Waals surface area (Å²) in [6.45, 7) is 3.53. The van der Waals surface area contributed by atoms with Crippen molar-refractivity contribution in [1.29, 1.82) is 0 Å². The highest BCUT2D eigenvalue weighted by Crippen LogP contribution is 2.12. The lowest BCUT2D eigenvalue weighted by molar-refractivity contribution is -0.121. The molecular weight excluding hydrogens is 266 g/mol. The van der Waals surface area contributed by atoms with Gasteiger partial charge in [-0.3, -0.25) is 4.79 Å². The first-order valence-corrected chi connectivity index (χ1v) is 7.48. The number of aromatic nitrogens is 2. The van der Waals surface area contributed by atoms with Crippen LogP contribution in [0.3, 0.4) is 0 Å². The van der Waals surface area contributed by atoms with Gasteiger partial charge in [0, 0.05) is 26.1 Å². The molecule has 1 aromatic carbocycles. The Morgan fingerprint density at radius 3 is 3.05 bits per heavy atom. The Hall–Kier alpha value is -1.88. The largest absolute Gasteiger partial charge is 0.396 e. The lowest BCUT2D eigenvalue weighted by Gasteiger charge is -2.09. The van der Waals surface area contributed by atoms with E-state index in [0.29, 0.717) is 25.4 Å². The van der Waals surface area contributed by atoms with Gasteiger partial charge in [0.15, 0.2) is 0 Å². The van der Waals surface area contributed by atoms with Crippen molar-refractivity contribution < 1.29 is 9.90 Å². The molecule has 1 heterocycles. The molecule has 0 saturated heterocycles. The molecule has 2 rings (SSSR count). The number of carbonyl (C=O) groups is 1.